The summed E-state index contributed by atoms with van der Waals surface area (Å²) < 4.78 is 15.2. The minimum atomic E-state index is -0.491. The SMILES string of the molecule is Cc1nn(-c2ccc(C#N)cc2F)c(C)c1N. The van der Waals surface area contributed by atoms with Crippen molar-refractivity contribution in [3.8, 4) is 11.8 Å². The minimum Gasteiger partial charge on any atom is -0.396 e. The average Bonchev–Trinajstić information content (AvgIpc) is 2.57. The van der Waals surface area contributed by atoms with E-state index < -0.39 is 5.82 Å². The fourth-order valence-electron chi connectivity index (χ4n) is 1.64. The molecule has 2 aromatic rings. The topological polar surface area (TPSA) is 67.6 Å². The summed E-state index contributed by atoms with van der Waals surface area (Å²) in [6, 6.07) is 6.13. The Morgan fingerprint density at radius 2 is 2.12 bits per heavy atom. The van der Waals surface area contributed by atoms with E-state index in [-0.39, 0.29) is 5.56 Å². The number of hydrogen-bond acceptors (Lipinski definition) is 3. The van der Waals surface area contributed by atoms with Crippen LogP contribution in [0.1, 0.15) is 17.0 Å². The number of halogens is 1. The number of benzene rings is 1. The highest BCUT2D eigenvalue weighted by Crippen LogP contribution is 2.21. The van der Waals surface area contributed by atoms with Crippen LogP contribution in [0.2, 0.25) is 0 Å². The maximum Gasteiger partial charge on any atom is 0.150 e. The van der Waals surface area contributed by atoms with Crippen molar-refractivity contribution in [3.05, 3.63) is 41.0 Å². The van der Waals surface area contributed by atoms with Gasteiger partial charge in [-0.15, -0.1) is 0 Å². The zero-order chi connectivity index (χ0) is 12.6. The van der Waals surface area contributed by atoms with Gasteiger partial charge in [0.15, 0.2) is 0 Å². The second-order valence-corrected chi connectivity index (χ2v) is 3.77. The van der Waals surface area contributed by atoms with Crippen LogP contribution in [0.4, 0.5) is 10.1 Å². The molecule has 0 fully saturated rings. The highest BCUT2D eigenvalue weighted by molar-refractivity contribution is 5.51. The molecule has 0 aliphatic rings. The molecule has 1 heterocycles. The van der Waals surface area contributed by atoms with E-state index in [1.165, 1.54) is 16.8 Å². The highest BCUT2D eigenvalue weighted by atomic mass is 19.1. The van der Waals surface area contributed by atoms with Gasteiger partial charge in [0.2, 0.25) is 0 Å². The van der Waals surface area contributed by atoms with Gasteiger partial charge in [0, 0.05) is 0 Å². The summed E-state index contributed by atoms with van der Waals surface area (Å²) in [5.41, 5.74) is 8.25. The molecule has 0 bridgehead atoms. The van der Waals surface area contributed by atoms with Crippen LogP contribution in [0.25, 0.3) is 5.69 Å². The van der Waals surface area contributed by atoms with E-state index in [4.69, 9.17) is 11.0 Å². The van der Waals surface area contributed by atoms with Crippen LogP contribution in [0.3, 0.4) is 0 Å². The Hall–Kier alpha value is -2.35. The van der Waals surface area contributed by atoms with E-state index in [2.05, 4.69) is 5.10 Å². The Morgan fingerprint density at radius 1 is 1.41 bits per heavy atom. The monoisotopic (exact) mass is 230 g/mol. The molecule has 2 N–H and O–H groups in total. The molecular formula is C12H11FN4. The summed E-state index contributed by atoms with van der Waals surface area (Å²) in [6.45, 7) is 3.54. The third kappa shape index (κ3) is 1.74. The summed E-state index contributed by atoms with van der Waals surface area (Å²) >= 11 is 0. The summed E-state index contributed by atoms with van der Waals surface area (Å²) in [5, 5.41) is 12.8. The molecule has 1 aromatic heterocycles. The molecule has 86 valence electrons. The van der Waals surface area contributed by atoms with Crippen LogP contribution >= 0.6 is 0 Å². The van der Waals surface area contributed by atoms with E-state index >= 15 is 0 Å². The van der Waals surface area contributed by atoms with E-state index in [1.54, 1.807) is 19.9 Å². The Bertz CT molecular complexity index is 622. The number of nitrogens with two attached hydrogens (primary N) is 1. The van der Waals surface area contributed by atoms with Crippen LogP contribution in [-0.2, 0) is 0 Å². The van der Waals surface area contributed by atoms with Crippen LogP contribution in [0, 0.1) is 31.0 Å². The number of anilines is 1. The Labute approximate surface area is 98.1 Å². The van der Waals surface area contributed by atoms with Crippen LogP contribution in [0.5, 0.6) is 0 Å². The van der Waals surface area contributed by atoms with Crippen molar-refractivity contribution in [2.24, 2.45) is 0 Å². The molecule has 4 nitrogen and oxygen atoms in total. The van der Waals surface area contributed by atoms with Gasteiger partial charge in [0.25, 0.3) is 0 Å². The highest BCUT2D eigenvalue weighted by Gasteiger charge is 2.13. The van der Waals surface area contributed by atoms with Gasteiger partial charge in [0.05, 0.1) is 28.7 Å². The number of aryl methyl sites for hydroxylation is 1. The predicted octanol–water partition coefficient (Wildman–Crippen LogP) is 2.08. The van der Waals surface area contributed by atoms with Gasteiger partial charge in [-0.2, -0.15) is 10.4 Å². The molecule has 0 saturated heterocycles. The lowest BCUT2D eigenvalue weighted by Gasteiger charge is -2.05. The standard InChI is InChI=1S/C12H11FN4/c1-7-12(15)8(2)17(16-7)11-4-3-9(6-14)5-10(11)13/h3-5H,15H2,1-2H3. The second kappa shape index (κ2) is 3.91. The molecule has 17 heavy (non-hydrogen) atoms. The number of nitrogen functional groups attached to an aromatic ring is 1. The van der Waals surface area contributed by atoms with Crippen molar-refractivity contribution in [1.29, 1.82) is 5.26 Å². The molecule has 2 rings (SSSR count). The van der Waals surface area contributed by atoms with Crippen LogP contribution < -0.4 is 5.73 Å². The minimum absolute atomic E-state index is 0.278. The second-order valence-electron chi connectivity index (χ2n) is 3.77. The van der Waals surface area contributed by atoms with Crippen LogP contribution in [0.15, 0.2) is 18.2 Å². The molecule has 0 aliphatic heterocycles. The lowest BCUT2D eigenvalue weighted by atomic mass is 10.2. The lowest BCUT2D eigenvalue weighted by Crippen LogP contribution is -2.02. The zero-order valence-corrected chi connectivity index (χ0v) is 9.53. The number of hydrogen-bond donors (Lipinski definition) is 1. The number of aromatic nitrogens is 2. The number of nitriles is 1. The Kier molecular flexibility index (Phi) is 2.56. The Balaban J connectivity index is 2.62. The average molecular weight is 230 g/mol. The largest absolute Gasteiger partial charge is 0.396 e. The normalized spacial score (nSPS) is 10.2. The fourth-order valence-corrected chi connectivity index (χ4v) is 1.64. The van der Waals surface area contributed by atoms with Crippen LogP contribution in [-0.4, -0.2) is 9.78 Å². The summed E-state index contributed by atoms with van der Waals surface area (Å²) in [5.74, 6) is -0.491. The molecule has 0 unspecified atom stereocenters. The Morgan fingerprint density at radius 3 is 2.59 bits per heavy atom. The quantitative estimate of drug-likeness (QED) is 0.815. The zero-order valence-electron chi connectivity index (χ0n) is 9.53. The summed E-state index contributed by atoms with van der Waals surface area (Å²) in [4.78, 5) is 0. The smallest absolute Gasteiger partial charge is 0.150 e. The molecule has 0 amide bonds. The van der Waals surface area contributed by atoms with E-state index in [0.29, 0.717) is 22.8 Å². The van der Waals surface area contributed by atoms with Crippen molar-refractivity contribution in [2.75, 3.05) is 5.73 Å². The van der Waals surface area contributed by atoms with Gasteiger partial charge in [-0.1, -0.05) is 0 Å². The fraction of sp³-hybridized carbons (Fsp3) is 0.167. The molecule has 0 aliphatic carbocycles. The molecular weight excluding hydrogens is 219 g/mol. The molecule has 0 spiro atoms. The van der Waals surface area contributed by atoms with Gasteiger partial charge >= 0.3 is 0 Å². The number of nitrogens with zero attached hydrogens (tertiary/aromatic N) is 3. The first kappa shape index (κ1) is 11.1. The number of rotatable bonds is 1. The third-order valence-electron chi connectivity index (χ3n) is 2.65. The maximum atomic E-state index is 13.8. The maximum absolute atomic E-state index is 13.8. The first-order valence-electron chi connectivity index (χ1n) is 5.06. The van der Waals surface area contributed by atoms with Gasteiger partial charge < -0.3 is 5.73 Å². The first-order chi connectivity index (χ1) is 8.04. The van der Waals surface area contributed by atoms with E-state index in [1.807, 2.05) is 6.07 Å². The molecule has 1 aromatic carbocycles. The van der Waals surface area contributed by atoms with Gasteiger partial charge in [-0.05, 0) is 32.0 Å². The van der Waals surface area contributed by atoms with Crippen molar-refractivity contribution in [2.45, 2.75) is 13.8 Å². The molecule has 0 atom stereocenters. The van der Waals surface area contributed by atoms with E-state index in [0.717, 1.165) is 0 Å². The summed E-state index contributed by atoms with van der Waals surface area (Å²) in [7, 11) is 0. The summed E-state index contributed by atoms with van der Waals surface area (Å²) in [6.07, 6.45) is 0. The third-order valence-corrected chi connectivity index (χ3v) is 2.65. The molecule has 0 saturated carbocycles. The van der Waals surface area contributed by atoms with E-state index in [9.17, 15) is 4.39 Å². The lowest BCUT2D eigenvalue weighted by molar-refractivity contribution is 0.607. The van der Waals surface area contributed by atoms with Gasteiger partial charge in [-0.3, -0.25) is 0 Å². The van der Waals surface area contributed by atoms with Gasteiger partial charge in [-0.25, -0.2) is 9.07 Å². The van der Waals surface area contributed by atoms with Crippen molar-refractivity contribution < 1.29 is 4.39 Å². The van der Waals surface area contributed by atoms with Crippen molar-refractivity contribution in [3.63, 3.8) is 0 Å². The van der Waals surface area contributed by atoms with Gasteiger partial charge in [0.1, 0.15) is 11.5 Å². The van der Waals surface area contributed by atoms with Crippen molar-refractivity contribution >= 4 is 5.69 Å². The predicted molar refractivity (Wildman–Crippen MR) is 62.1 cm³/mol. The molecule has 5 heteroatoms. The molecule has 0 radical (unpaired) electrons. The first-order valence-corrected chi connectivity index (χ1v) is 5.06. The van der Waals surface area contributed by atoms with Crippen molar-refractivity contribution in [1.82, 2.24) is 9.78 Å².